The number of aliphatic hydroxyl groups is 1. The molecule has 1 aliphatic rings. The molecule has 0 aliphatic carbocycles. The molecule has 1 saturated heterocycles. The number of halogens is 1. The van der Waals surface area contributed by atoms with Gasteiger partial charge in [0.1, 0.15) is 17.3 Å². The van der Waals surface area contributed by atoms with Crippen LogP contribution in [-0.4, -0.2) is 41.3 Å². The van der Waals surface area contributed by atoms with Crippen molar-refractivity contribution >= 4 is 23.4 Å². The standard InChI is InChI=1S/C24H24FNO6/c1-32-16-12-10-15(11-13-16)22(29)20-21(17-7-4-5-8-18(17)25)26(24(31)23(20)30)14-6-2-3-9-19(27)28/h4-5,7-8,10-13,21,29H,2-3,6,9,14H2,1H3,(H,27,28)/p-1. The van der Waals surface area contributed by atoms with Gasteiger partial charge in [-0.2, -0.15) is 0 Å². The number of aliphatic carboxylic acids is 1. The van der Waals surface area contributed by atoms with Crippen LogP contribution in [0.2, 0.25) is 0 Å². The number of nitrogens with zero attached hydrogens (tertiary/aromatic N) is 1. The summed E-state index contributed by atoms with van der Waals surface area (Å²) in [5, 5.41) is 21.5. The van der Waals surface area contributed by atoms with E-state index in [9.17, 15) is 29.0 Å². The minimum Gasteiger partial charge on any atom is -0.550 e. The Morgan fingerprint density at radius 3 is 2.41 bits per heavy atom. The number of benzene rings is 2. The Morgan fingerprint density at radius 1 is 1.09 bits per heavy atom. The van der Waals surface area contributed by atoms with E-state index in [0.717, 1.165) is 0 Å². The third-order valence-corrected chi connectivity index (χ3v) is 5.38. The van der Waals surface area contributed by atoms with Crippen LogP contribution < -0.4 is 9.84 Å². The van der Waals surface area contributed by atoms with E-state index in [1.807, 2.05) is 0 Å². The first-order valence-corrected chi connectivity index (χ1v) is 10.2. The van der Waals surface area contributed by atoms with Crippen LogP contribution in [0.4, 0.5) is 4.39 Å². The molecule has 32 heavy (non-hydrogen) atoms. The number of likely N-dealkylation sites (tertiary alicyclic amines) is 1. The second kappa shape index (κ2) is 10.1. The van der Waals surface area contributed by atoms with Gasteiger partial charge in [0.2, 0.25) is 0 Å². The number of hydrogen-bond donors (Lipinski definition) is 1. The van der Waals surface area contributed by atoms with Crippen molar-refractivity contribution in [3.8, 4) is 5.75 Å². The molecule has 3 rings (SSSR count). The number of Topliss-reactive ketones (excluding diaryl/α,β-unsaturated/α-hetero) is 1. The number of hydrogen-bond acceptors (Lipinski definition) is 6. The summed E-state index contributed by atoms with van der Waals surface area (Å²) >= 11 is 0. The number of carbonyl (C=O) groups is 3. The Bertz CT molecular complexity index is 1050. The Morgan fingerprint density at radius 2 is 1.78 bits per heavy atom. The second-order valence-corrected chi connectivity index (χ2v) is 7.43. The van der Waals surface area contributed by atoms with Gasteiger partial charge in [0.25, 0.3) is 11.7 Å². The van der Waals surface area contributed by atoms with Crippen LogP contribution >= 0.6 is 0 Å². The molecule has 0 bridgehead atoms. The first-order valence-electron chi connectivity index (χ1n) is 10.2. The number of methoxy groups -OCH3 is 1. The predicted molar refractivity (Wildman–Crippen MR) is 112 cm³/mol. The maximum Gasteiger partial charge on any atom is 0.295 e. The molecule has 2 aromatic rings. The molecular weight excluding hydrogens is 417 g/mol. The van der Waals surface area contributed by atoms with E-state index in [-0.39, 0.29) is 24.1 Å². The van der Waals surface area contributed by atoms with Crippen molar-refractivity contribution in [3.63, 3.8) is 0 Å². The van der Waals surface area contributed by atoms with Crippen LogP contribution in [0.5, 0.6) is 5.75 Å². The fourth-order valence-corrected chi connectivity index (χ4v) is 3.76. The Balaban J connectivity index is 1.99. The van der Waals surface area contributed by atoms with Crippen molar-refractivity contribution in [3.05, 3.63) is 71.0 Å². The number of amides is 1. The molecule has 1 atom stereocenters. The van der Waals surface area contributed by atoms with Crippen LogP contribution in [0.15, 0.2) is 54.1 Å². The fourth-order valence-electron chi connectivity index (χ4n) is 3.76. The molecular formula is C24H23FNO6-. The summed E-state index contributed by atoms with van der Waals surface area (Å²) < 4.78 is 19.8. The van der Waals surface area contributed by atoms with Crippen LogP contribution in [-0.2, 0) is 14.4 Å². The topological polar surface area (TPSA) is 107 Å². The number of ketones is 1. The Hall–Kier alpha value is -3.68. The number of unbranched alkanes of at least 4 members (excludes halogenated alkanes) is 2. The first-order chi connectivity index (χ1) is 15.3. The zero-order chi connectivity index (χ0) is 23.3. The maximum atomic E-state index is 14.7. The molecule has 0 spiro atoms. The van der Waals surface area contributed by atoms with Crippen molar-refractivity contribution in [2.45, 2.75) is 31.7 Å². The molecule has 168 valence electrons. The van der Waals surface area contributed by atoms with Gasteiger partial charge in [0.05, 0.1) is 18.7 Å². The van der Waals surface area contributed by atoms with Crippen LogP contribution in [0, 0.1) is 5.82 Å². The smallest absolute Gasteiger partial charge is 0.295 e. The van der Waals surface area contributed by atoms with Gasteiger partial charge >= 0.3 is 0 Å². The van der Waals surface area contributed by atoms with Crippen molar-refractivity contribution in [1.82, 2.24) is 4.90 Å². The summed E-state index contributed by atoms with van der Waals surface area (Å²) in [4.78, 5) is 37.5. The van der Waals surface area contributed by atoms with E-state index in [1.54, 1.807) is 30.3 Å². The van der Waals surface area contributed by atoms with E-state index >= 15 is 0 Å². The van der Waals surface area contributed by atoms with E-state index in [4.69, 9.17) is 4.74 Å². The number of carboxylic acids is 1. The van der Waals surface area contributed by atoms with E-state index in [0.29, 0.717) is 30.6 Å². The van der Waals surface area contributed by atoms with E-state index in [2.05, 4.69) is 0 Å². The number of rotatable bonds is 9. The van der Waals surface area contributed by atoms with Crippen molar-refractivity contribution in [2.75, 3.05) is 13.7 Å². The van der Waals surface area contributed by atoms with Crippen molar-refractivity contribution in [1.29, 1.82) is 0 Å². The molecule has 7 nitrogen and oxygen atoms in total. The van der Waals surface area contributed by atoms with Gasteiger partial charge in [-0.05, 0) is 49.6 Å². The summed E-state index contributed by atoms with van der Waals surface area (Å²) in [5.41, 5.74) is 0.190. The summed E-state index contributed by atoms with van der Waals surface area (Å²) in [5.74, 6) is -3.37. The molecule has 1 fully saturated rings. The minimum atomic E-state index is -1.16. The molecule has 1 unspecified atom stereocenters. The molecule has 1 heterocycles. The molecule has 0 saturated carbocycles. The summed E-state index contributed by atoms with van der Waals surface area (Å²) in [7, 11) is 1.49. The quantitative estimate of drug-likeness (QED) is 0.278. The summed E-state index contributed by atoms with van der Waals surface area (Å²) in [6, 6.07) is 11.0. The zero-order valence-electron chi connectivity index (χ0n) is 17.5. The third-order valence-electron chi connectivity index (χ3n) is 5.38. The van der Waals surface area contributed by atoms with Gasteiger partial charge in [-0.3, -0.25) is 9.59 Å². The van der Waals surface area contributed by atoms with Crippen molar-refractivity contribution < 1.29 is 33.7 Å². The van der Waals surface area contributed by atoms with Crippen LogP contribution in [0.25, 0.3) is 5.76 Å². The molecule has 1 amide bonds. The maximum absolute atomic E-state index is 14.7. The Labute approximate surface area is 184 Å². The highest BCUT2D eigenvalue weighted by molar-refractivity contribution is 6.46. The lowest BCUT2D eigenvalue weighted by Gasteiger charge is -2.25. The molecule has 0 aromatic heterocycles. The van der Waals surface area contributed by atoms with Crippen LogP contribution in [0.1, 0.15) is 42.9 Å². The first kappa shape index (κ1) is 23.0. The number of aliphatic hydroxyl groups excluding tert-OH is 1. The van der Waals surface area contributed by atoms with Gasteiger partial charge < -0.3 is 24.6 Å². The lowest BCUT2D eigenvalue weighted by molar-refractivity contribution is -0.305. The molecule has 0 radical (unpaired) electrons. The number of carboxylic acid groups (broad SMARTS) is 1. The average molecular weight is 440 g/mol. The minimum absolute atomic E-state index is 0.0940. The lowest BCUT2D eigenvalue weighted by atomic mass is 9.95. The number of carbonyl (C=O) groups excluding carboxylic acids is 3. The van der Waals surface area contributed by atoms with Gasteiger partial charge in [0, 0.05) is 23.6 Å². The lowest BCUT2D eigenvalue weighted by Crippen LogP contribution is -2.31. The summed E-state index contributed by atoms with van der Waals surface area (Å²) in [6.07, 6.45) is 1.16. The van der Waals surface area contributed by atoms with Crippen molar-refractivity contribution in [2.24, 2.45) is 0 Å². The van der Waals surface area contributed by atoms with Gasteiger partial charge in [-0.15, -0.1) is 0 Å². The largest absolute Gasteiger partial charge is 0.550 e. The van der Waals surface area contributed by atoms with Gasteiger partial charge in [0.15, 0.2) is 0 Å². The molecule has 8 heteroatoms. The summed E-state index contributed by atoms with van der Waals surface area (Å²) in [6.45, 7) is 0.107. The van der Waals surface area contributed by atoms with Crippen LogP contribution in [0.3, 0.4) is 0 Å². The van der Waals surface area contributed by atoms with E-state index in [1.165, 1.54) is 30.2 Å². The average Bonchev–Trinajstić information content (AvgIpc) is 3.03. The zero-order valence-corrected chi connectivity index (χ0v) is 17.5. The molecule has 1 aliphatic heterocycles. The third kappa shape index (κ3) is 4.80. The van der Waals surface area contributed by atoms with E-state index < -0.39 is 35.3 Å². The highest BCUT2D eigenvalue weighted by Gasteiger charge is 2.46. The SMILES string of the molecule is COc1ccc(C(O)=C2C(=O)C(=O)N(CCCCCC(=O)[O-])C2c2ccccc2F)cc1. The Kier molecular flexibility index (Phi) is 7.25. The highest BCUT2D eigenvalue weighted by Crippen LogP contribution is 2.40. The second-order valence-electron chi connectivity index (χ2n) is 7.43. The predicted octanol–water partition coefficient (Wildman–Crippen LogP) is 2.57. The fraction of sp³-hybridized carbons (Fsp3) is 0.292. The highest BCUT2D eigenvalue weighted by atomic mass is 19.1. The normalized spacial score (nSPS) is 17.6. The van der Waals surface area contributed by atoms with Gasteiger partial charge in [-0.1, -0.05) is 24.6 Å². The molecule has 2 aromatic carbocycles. The van der Waals surface area contributed by atoms with Gasteiger partial charge in [-0.25, -0.2) is 4.39 Å². The number of ether oxygens (including phenoxy) is 1. The molecule has 1 N–H and O–H groups in total. The monoisotopic (exact) mass is 440 g/mol.